The van der Waals surface area contributed by atoms with Gasteiger partial charge in [-0.1, -0.05) is 0 Å². The Bertz CT molecular complexity index is 700. The maximum absolute atomic E-state index is 11.7. The van der Waals surface area contributed by atoms with Gasteiger partial charge in [0.15, 0.2) is 5.65 Å². The number of hydrogen-bond acceptors (Lipinski definition) is 6. The molecule has 2 aromatic rings. The van der Waals surface area contributed by atoms with E-state index in [1.807, 2.05) is 20.8 Å². The third-order valence-electron chi connectivity index (χ3n) is 4.08. The summed E-state index contributed by atoms with van der Waals surface area (Å²) in [4.78, 5) is 22.6. The number of carbonyl (C=O) groups excluding carboxylic acids is 1. The van der Waals surface area contributed by atoms with Crippen molar-refractivity contribution < 1.29 is 9.53 Å². The molecule has 0 aliphatic carbocycles. The first-order chi connectivity index (χ1) is 11.4. The predicted molar refractivity (Wildman–Crippen MR) is 90.9 cm³/mol. The van der Waals surface area contributed by atoms with Crippen LogP contribution in [0.5, 0.6) is 0 Å². The van der Waals surface area contributed by atoms with Gasteiger partial charge in [-0.25, -0.2) is 14.8 Å². The minimum atomic E-state index is -0.462. The molecule has 0 bridgehead atoms. The van der Waals surface area contributed by atoms with Gasteiger partial charge in [-0.15, -0.1) is 0 Å². The number of amides is 1. The molecule has 0 aromatic carbocycles. The summed E-state index contributed by atoms with van der Waals surface area (Å²) >= 11 is 0. The Morgan fingerprint density at radius 3 is 2.83 bits per heavy atom. The number of carbonyl (C=O) groups is 1. The monoisotopic (exact) mass is 332 g/mol. The Morgan fingerprint density at radius 2 is 2.12 bits per heavy atom. The third-order valence-corrected chi connectivity index (χ3v) is 4.08. The van der Waals surface area contributed by atoms with Crippen LogP contribution in [0.1, 0.15) is 33.6 Å². The fourth-order valence-electron chi connectivity index (χ4n) is 2.89. The molecule has 3 heterocycles. The Morgan fingerprint density at radius 1 is 1.38 bits per heavy atom. The number of alkyl carbamates (subject to hydrolysis) is 1. The van der Waals surface area contributed by atoms with E-state index in [9.17, 15) is 4.79 Å². The summed E-state index contributed by atoms with van der Waals surface area (Å²) in [6.45, 7) is 8.04. The summed E-state index contributed by atoms with van der Waals surface area (Å²) in [5.74, 6) is 1.38. The van der Waals surface area contributed by atoms with E-state index in [2.05, 4.69) is 30.4 Å². The summed E-state index contributed by atoms with van der Waals surface area (Å²) in [5, 5.41) is 10.7. The van der Waals surface area contributed by atoms with Gasteiger partial charge in [0.25, 0.3) is 0 Å². The molecule has 1 amide bonds. The van der Waals surface area contributed by atoms with Crippen molar-refractivity contribution >= 4 is 22.9 Å². The second-order valence-electron chi connectivity index (χ2n) is 7.14. The van der Waals surface area contributed by atoms with Crippen LogP contribution in [0, 0.1) is 5.92 Å². The van der Waals surface area contributed by atoms with Crippen molar-refractivity contribution in [3.63, 3.8) is 0 Å². The average molecular weight is 332 g/mol. The van der Waals surface area contributed by atoms with Crippen LogP contribution in [0.4, 0.5) is 10.6 Å². The molecule has 1 saturated heterocycles. The minimum absolute atomic E-state index is 0.346. The molecule has 8 heteroatoms. The van der Waals surface area contributed by atoms with Crippen LogP contribution in [-0.4, -0.2) is 51.5 Å². The highest BCUT2D eigenvalue weighted by Gasteiger charge is 2.23. The lowest BCUT2D eigenvalue weighted by Gasteiger charge is -2.33. The Hall–Kier alpha value is -2.38. The van der Waals surface area contributed by atoms with Gasteiger partial charge in [-0.2, -0.15) is 5.10 Å². The molecule has 0 spiro atoms. The molecule has 0 radical (unpaired) electrons. The lowest BCUT2D eigenvalue weighted by atomic mass is 9.97. The quantitative estimate of drug-likeness (QED) is 0.893. The summed E-state index contributed by atoms with van der Waals surface area (Å²) in [6.07, 6.45) is 4.98. The molecular weight excluding hydrogens is 308 g/mol. The Labute approximate surface area is 141 Å². The van der Waals surface area contributed by atoms with Crippen molar-refractivity contribution in [2.75, 3.05) is 24.5 Å². The predicted octanol–water partition coefficient (Wildman–Crippen LogP) is 2.09. The van der Waals surface area contributed by atoms with Gasteiger partial charge < -0.3 is 15.0 Å². The Balaban J connectivity index is 1.51. The summed E-state index contributed by atoms with van der Waals surface area (Å²) in [7, 11) is 0. The van der Waals surface area contributed by atoms with Crippen LogP contribution >= 0.6 is 0 Å². The van der Waals surface area contributed by atoms with Crippen LogP contribution in [0.25, 0.3) is 11.0 Å². The van der Waals surface area contributed by atoms with E-state index in [1.54, 1.807) is 12.5 Å². The van der Waals surface area contributed by atoms with Crippen molar-refractivity contribution in [3.05, 3.63) is 12.5 Å². The number of aromatic amines is 1. The molecule has 1 aliphatic heterocycles. The van der Waals surface area contributed by atoms with Crippen molar-refractivity contribution in [1.29, 1.82) is 0 Å². The first-order valence-corrected chi connectivity index (χ1v) is 8.28. The van der Waals surface area contributed by atoms with Gasteiger partial charge >= 0.3 is 6.09 Å². The van der Waals surface area contributed by atoms with Crippen molar-refractivity contribution in [1.82, 2.24) is 25.5 Å². The molecular formula is C16H24N6O2. The van der Waals surface area contributed by atoms with Crippen molar-refractivity contribution in [3.8, 4) is 0 Å². The van der Waals surface area contributed by atoms with Crippen LogP contribution < -0.4 is 10.2 Å². The molecule has 1 fully saturated rings. The number of piperidine rings is 1. The zero-order chi connectivity index (χ0) is 17.2. The van der Waals surface area contributed by atoms with Gasteiger partial charge in [-0.3, -0.25) is 5.10 Å². The van der Waals surface area contributed by atoms with E-state index in [1.165, 1.54) is 0 Å². The van der Waals surface area contributed by atoms with Gasteiger partial charge in [0.2, 0.25) is 0 Å². The zero-order valence-corrected chi connectivity index (χ0v) is 14.4. The number of nitrogens with zero attached hydrogens (tertiary/aromatic N) is 4. The van der Waals surface area contributed by atoms with E-state index in [0.717, 1.165) is 42.8 Å². The SMILES string of the molecule is CC(C)(C)OC(=O)NCC1CCN(c2ncnc3[nH]ncc23)CC1. The molecule has 130 valence electrons. The topological polar surface area (TPSA) is 96.0 Å². The number of rotatable bonds is 3. The average Bonchev–Trinajstić information content (AvgIpc) is 3.00. The number of anilines is 1. The van der Waals surface area contributed by atoms with Crippen molar-refractivity contribution in [2.45, 2.75) is 39.2 Å². The number of nitrogens with one attached hydrogen (secondary N) is 2. The molecule has 8 nitrogen and oxygen atoms in total. The fraction of sp³-hybridized carbons (Fsp3) is 0.625. The van der Waals surface area contributed by atoms with E-state index < -0.39 is 5.60 Å². The summed E-state index contributed by atoms with van der Waals surface area (Å²) < 4.78 is 5.27. The zero-order valence-electron chi connectivity index (χ0n) is 14.4. The van der Waals surface area contributed by atoms with Gasteiger partial charge in [0, 0.05) is 19.6 Å². The maximum atomic E-state index is 11.7. The highest BCUT2D eigenvalue weighted by Crippen LogP contribution is 2.26. The van der Waals surface area contributed by atoms with Gasteiger partial charge in [0.05, 0.1) is 11.6 Å². The molecule has 0 unspecified atom stereocenters. The standard InChI is InChI=1S/C16H24N6O2/c1-16(2,3)24-15(23)17-8-11-4-6-22(7-5-11)14-12-9-20-21-13(12)18-10-19-14/h9-11H,4-8H2,1-3H3,(H,17,23)(H,18,19,20,21). The molecule has 24 heavy (non-hydrogen) atoms. The lowest BCUT2D eigenvalue weighted by molar-refractivity contribution is 0.0517. The number of H-pyrrole nitrogens is 1. The smallest absolute Gasteiger partial charge is 0.407 e. The molecule has 3 rings (SSSR count). The van der Waals surface area contributed by atoms with Crippen LogP contribution in [-0.2, 0) is 4.74 Å². The summed E-state index contributed by atoms with van der Waals surface area (Å²) in [6, 6.07) is 0. The second-order valence-corrected chi connectivity index (χ2v) is 7.14. The molecule has 0 atom stereocenters. The number of fused-ring (bicyclic) bond motifs is 1. The first kappa shape index (κ1) is 16.5. The number of ether oxygens (including phenoxy) is 1. The van der Waals surface area contributed by atoms with Gasteiger partial charge in [0.1, 0.15) is 17.7 Å². The second kappa shape index (κ2) is 6.62. The van der Waals surface area contributed by atoms with E-state index in [4.69, 9.17) is 4.74 Å². The largest absolute Gasteiger partial charge is 0.444 e. The fourth-order valence-corrected chi connectivity index (χ4v) is 2.89. The number of hydrogen-bond donors (Lipinski definition) is 2. The van der Waals surface area contributed by atoms with E-state index in [0.29, 0.717) is 12.5 Å². The number of aromatic nitrogens is 4. The van der Waals surface area contributed by atoms with E-state index >= 15 is 0 Å². The van der Waals surface area contributed by atoms with E-state index in [-0.39, 0.29) is 6.09 Å². The van der Waals surface area contributed by atoms with Crippen LogP contribution in [0.2, 0.25) is 0 Å². The lowest BCUT2D eigenvalue weighted by Crippen LogP contribution is -2.40. The van der Waals surface area contributed by atoms with Crippen LogP contribution in [0.3, 0.4) is 0 Å². The maximum Gasteiger partial charge on any atom is 0.407 e. The highest BCUT2D eigenvalue weighted by molar-refractivity contribution is 5.86. The molecule has 2 N–H and O–H groups in total. The highest BCUT2D eigenvalue weighted by atomic mass is 16.6. The third kappa shape index (κ3) is 3.93. The first-order valence-electron chi connectivity index (χ1n) is 8.28. The molecule has 1 aliphatic rings. The van der Waals surface area contributed by atoms with Gasteiger partial charge in [-0.05, 0) is 39.5 Å². The normalized spacial score (nSPS) is 16.4. The Kier molecular flexibility index (Phi) is 4.55. The molecule has 2 aromatic heterocycles. The minimum Gasteiger partial charge on any atom is -0.444 e. The molecule has 0 saturated carbocycles. The van der Waals surface area contributed by atoms with Crippen LogP contribution in [0.15, 0.2) is 12.5 Å². The van der Waals surface area contributed by atoms with Crippen molar-refractivity contribution in [2.24, 2.45) is 5.92 Å². The summed E-state index contributed by atoms with van der Waals surface area (Å²) in [5.41, 5.74) is 0.296.